The Bertz CT molecular complexity index is 544. The van der Waals surface area contributed by atoms with Gasteiger partial charge in [-0.2, -0.15) is 5.10 Å². The first-order chi connectivity index (χ1) is 8.54. The predicted molar refractivity (Wildman–Crippen MR) is 72.5 cm³/mol. The molecule has 0 saturated carbocycles. The van der Waals surface area contributed by atoms with Crippen molar-refractivity contribution in [2.75, 3.05) is 10.6 Å². The van der Waals surface area contributed by atoms with E-state index in [0.717, 1.165) is 10.2 Å². The van der Waals surface area contributed by atoms with Crippen molar-refractivity contribution in [3.8, 4) is 0 Å². The maximum Gasteiger partial charge on any atom is 0.326 e. The number of halogens is 1. The summed E-state index contributed by atoms with van der Waals surface area (Å²) >= 11 is 3.27. The number of aryl methyl sites for hydroxylation is 2. The fraction of sp³-hybridized carbons (Fsp3) is 0.182. The number of aromatic nitrogens is 3. The number of carbonyl (C=O) groups is 1. The molecule has 0 aromatic carbocycles. The molecule has 0 aliphatic heterocycles. The molecule has 0 spiro atoms. The molecular weight excluding hydrogens is 298 g/mol. The number of carbonyl (C=O) groups excluding carboxylic acids is 1. The molecule has 94 valence electrons. The van der Waals surface area contributed by atoms with Gasteiger partial charge in [0.15, 0.2) is 5.82 Å². The smallest absolute Gasteiger partial charge is 0.292 e. The zero-order valence-corrected chi connectivity index (χ0v) is 11.5. The number of hydrogen-bond donors (Lipinski definition) is 2. The molecule has 0 fully saturated rings. The molecule has 0 unspecified atom stereocenters. The van der Waals surface area contributed by atoms with E-state index < -0.39 is 0 Å². The third-order valence-electron chi connectivity index (χ3n) is 2.32. The molecule has 2 aromatic rings. The molecule has 2 amide bonds. The lowest BCUT2D eigenvalue weighted by Gasteiger charge is -2.04. The van der Waals surface area contributed by atoms with Gasteiger partial charge in [0.05, 0.1) is 0 Å². The summed E-state index contributed by atoms with van der Waals surface area (Å²) in [6.07, 6.45) is 1.61. The molecule has 18 heavy (non-hydrogen) atoms. The van der Waals surface area contributed by atoms with Crippen LogP contribution in [0.1, 0.15) is 5.69 Å². The molecule has 2 N–H and O–H groups in total. The molecule has 0 aliphatic rings. The van der Waals surface area contributed by atoms with Crippen LogP contribution < -0.4 is 10.6 Å². The van der Waals surface area contributed by atoms with Crippen LogP contribution >= 0.6 is 15.9 Å². The fourth-order valence-electron chi connectivity index (χ4n) is 1.34. The van der Waals surface area contributed by atoms with E-state index >= 15 is 0 Å². The summed E-state index contributed by atoms with van der Waals surface area (Å²) in [7, 11) is 1.81. The van der Waals surface area contributed by atoms with E-state index in [1.54, 1.807) is 29.1 Å². The number of anilines is 2. The standard InChI is InChI=1S/C11H12BrN5O/c1-7-5-10(16-17(7)2)15-11(18)14-9-4-3-8(12)6-13-9/h3-6H,1-2H3,(H2,13,14,15,16,18). The molecule has 0 bridgehead atoms. The van der Waals surface area contributed by atoms with Crippen LogP contribution in [0.25, 0.3) is 0 Å². The summed E-state index contributed by atoms with van der Waals surface area (Å²) in [6.45, 7) is 1.91. The number of urea groups is 1. The summed E-state index contributed by atoms with van der Waals surface area (Å²) in [5.41, 5.74) is 0.965. The van der Waals surface area contributed by atoms with Crippen LogP contribution in [-0.2, 0) is 7.05 Å². The number of pyridine rings is 1. The average Bonchev–Trinajstić information content (AvgIpc) is 2.61. The van der Waals surface area contributed by atoms with E-state index in [-0.39, 0.29) is 6.03 Å². The molecule has 2 rings (SSSR count). The molecular formula is C11H12BrN5O. The van der Waals surface area contributed by atoms with Crippen molar-refractivity contribution in [1.29, 1.82) is 0 Å². The number of nitrogens with zero attached hydrogens (tertiary/aromatic N) is 3. The Morgan fingerprint density at radius 3 is 2.61 bits per heavy atom. The van der Waals surface area contributed by atoms with Crippen molar-refractivity contribution in [3.63, 3.8) is 0 Å². The highest BCUT2D eigenvalue weighted by molar-refractivity contribution is 9.10. The molecule has 7 heteroatoms. The van der Waals surface area contributed by atoms with Crippen LogP contribution in [0.4, 0.5) is 16.4 Å². The zero-order valence-electron chi connectivity index (χ0n) is 9.94. The number of hydrogen-bond acceptors (Lipinski definition) is 3. The number of amides is 2. The van der Waals surface area contributed by atoms with Gasteiger partial charge in [0.25, 0.3) is 0 Å². The van der Waals surface area contributed by atoms with Crippen LogP contribution in [-0.4, -0.2) is 20.8 Å². The quantitative estimate of drug-likeness (QED) is 0.895. The highest BCUT2D eigenvalue weighted by Crippen LogP contribution is 2.11. The molecule has 0 saturated heterocycles. The largest absolute Gasteiger partial charge is 0.326 e. The second-order valence-electron chi connectivity index (χ2n) is 3.74. The normalized spacial score (nSPS) is 10.2. The zero-order chi connectivity index (χ0) is 13.1. The topological polar surface area (TPSA) is 71.8 Å². The van der Waals surface area contributed by atoms with Crippen molar-refractivity contribution in [1.82, 2.24) is 14.8 Å². The van der Waals surface area contributed by atoms with E-state index in [1.807, 2.05) is 14.0 Å². The highest BCUT2D eigenvalue weighted by atomic mass is 79.9. The van der Waals surface area contributed by atoms with Gasteiger partial charge in [-0.3, -0.25) is 15.3 Å². The van der Waals surface area contributed by atoms with E-state index in [4.69, 9.17) is 0 Å². The van der Waals surface area contributed by atoms with Gasteiger partial charge in [-0.25, -0.2) is 9.78 Å². The minimum Gasteiger partial charge on any atom is -0.292 e. The van der Waals surface area contributed by atoms with Crippen molar-refractivity contribution in [3.05, 3.63) is 34.6 Å². The maximum atomic E-state index is 11.7. The van der Waals surface area contributed by atoms with Gasteiger partial charge in [0.2, 0.25) is 0 Å². The summed E-state index contributed by atoms with van der Waals surface area (Å²) < 4.78 is 2.54. The van der Waals surface area contributed by atoms with Gasteiger partial charge in [-0.05, 0) is 35.0 Å². The maximum absolute atomic E-state index is 11.7. The molecule has 0 aliphatic carbocycles. The Morgan fingerprint density at radius 2 is 2.06 bits per heavy atom. The SMILES string of the molecule is Cc1cc(NC(=O)Nc2ccc(Br)cn2)nn1C. The predicted octanol–water partition coefficient (Wildman–Crippen LogP) is 2.53. The number of nitrogens with one attached hydrogen (secondary N) is 2. The van der Waals surface area contributed by atoms with E-state index in [0.29, 0.717) is 11.6 Å². The van der Waals surface area contributed by atoms with Crippen molar-refractivity contribution >= 4 is 33.6 Å². The minimum absolute atomic E-state index is 0.372. The van der Waals surface area contributed by atoms with E-state index in [9.17, 15) is 4.79 Å². The van der Waals surface area contributed by atoms with Gasteiger partial charge in [-0.1, -0.05) is 0 Å². The average molecular weight is 310 g/mol. The highest BCUT2D eigenvalue weighted by Gasteiger charge is 2.06. The van der Waals surface area contributed by atoms with Crippen LogP contribution in [0.15, 0.2) is 28.9 Å². The Balaban J connectivity index is 1.98. The molecule has 0 radical (unpaired) electrons. The Hall–Kier alpha value is -1.89. The van der Waals surface area contributed by atoms with E-state index in [2.05, 4.69) is 36.6 Å². The summed E-state index contributed by atoms with van der Waals surface area (Å²) in [6, 6.07) is 4.91. The molecule has 2 heterocycles. The van der Waals surface area contributed by atoms with Gasteiger partial charge in [0.1, 0.15) is 5.82 Å². The van der Waals surface area contributed by atoms with Crippen LogP contribution in [0.5, 0.6) is 0 Å². The lowest BCUT2D eigenvalue weighted by molar-refractivity contribution is 0.262. The van der Waals surface area contributed by atoms with Crippen molar-refractivity contribution in [2.45, 2.75) is 6.92 Å². The van der Waals surface area contributed by atoms with E-state index in [1.165, 1.54) is 0 Å². The van der Waals surface area contributed by atoms with Gasteiger partial charge in [-0.15, -0.1) is 0 Å². The second-order valence-corrected chi connectivity index (χ2v) is 4.65. The Kier molecular flexibility index (Phi) is 3.61. The monoisotopic (exact) mass is 309 g/mol. The first-order valence-electron chi connectivity index (χ1n) is 5.25. The van der Waals surface area contributed by atoms with Crippen molar-refractivity contribution in [2.24, 2.45) is 7.05 Å². The molecule has 6 nitrogen and oxygen atoms in total. The summed E-state index contributed by atoms with van der Waals surface area (Å²) in [5.74, 6) is 0.980. The van der Waals surface area contributed by atoms with Gasteiger partial charge < -0.3 is 0 Å². The molecule has 0 atom stereocenters. The van der Waals surface area contributed by atoms with Gasteiger partial charge in [0, 0.05) is 29.5 Å². The van der Waals surface area contributed by atoms with Crippen LogP contribution in [0.2, 0.25) is 0 Å². The second kappa shape index (κ2) is 5.18. The number of rotatable bonds is 2. The lowest BCUT2D eigenvalue weighted by Crippen LogP contribution is -2.20. The van der Waals surface area contributed by atoms with Gasteiger partial charge >= 0.3 is 6.03 Å². The molecule has 2 aromatic heterocycles. The fourth-order valence-corrected chi connectivity index (χ4v) is 1.57. The Morgan fingerprint density at radius 1 is 1.33 bits per heavy atom. The van der Waals surface area contributed by atoms with Crippen molar-refractivity contribution < 1.29 is 4.79 Å². The first kappa shape index (κ1) is 12.6. The van der Waals surface area contributed by atoms with Crippen LogP contribution in [0, 0.1) is 6.92 Å². The summed E-state index contributed by atoms with van der Waals surface area (Å²) in [4.78, 5) is 15.7. The van der Waals surface area contributed by atoms with Crippen LogP contribution in [0.3, 0.4) is 0 Å². The third kappa shape index (κ3) is 3.07. The summed E-state index contributed by atoms with van der Waals surface area (Å²) in [5, 5.41) is 9.37. The minimum atomic E-state index is -0.372. The third-order valence-corrected chi connectivity index (χ3v) is 2.79. The first-order valence-corrected chi connectivity index (χ1v) is 6.04. The Labute approximate surface area is 113 Å². The lowest BCUT2D eigenvalue weighted by atomic mass is 10.4.